The van der Waals surface area contributed by atoms with Crippen LogP contribution in [0.5, 0.6) is 0 Å². The predicted molar refractivity (Wildman–Crippen MR) is 0 cm³/mol. The van der Waals surface area contributed by atoms with Crippen LogP contribution in [-0.2, 0) is 80.4 Å². The molecule has 0 amide bonds. The van der Waals surface area contributed by atoms with Crippen molar-refractivity contribution < 1.29 is 80.4 Å². The maximum Gasteiger partial charge on any atom is 2.00 e. The second-order valence-corrected chi connectivity index (χ2v) is 0. The van der Waals surface area contributed by atoms with Gasteiger partial charge in [-0.25, -0.2) is 0 Å². The maximum absolute atomic E-state index is 0. The molecule has 0 nitrogen and oxygen atoms in total. The van der Waals surface area contributed by atoms with E-state index in [2.05, 4.69) is 0 Å². The molecule has 0 spiro atoms. The van der Waals surface area contributed by atoms with E-state index < -0.39 is 0 Å². The van der Waals surface area contributed by atoms with Crippen molar-refractivity contribution >= 4 is 0 Å². The molecule has 0 rings (SSSR count). The molecule has 0 heterocycles. The van der Waals surface area contributed by atoms with Crippen LogP contribution in [-0.4, -0.2) is 0 Å². The minimum absolute atomic E-state index is 0. The zero-order chi connectivity index (χ0) is 0. The molecule has 0 unspecified atom stereocenters. The Bertz CT molecular complexity index is 8.00. The van der Waals surface area contributed by atoms with Gasteiger partial charge < -0.3 is 0 Å². The summed E-state index contributed by atoms with van der Waals surface area (Å²) in [5, 5.41) is 0. The zero-order valence-electron chi connectivity index (χ0n) is 1.32. The quantitative estimate of drug-likeness (QED) is 0.407. The Hall–Kier alpha value is 2.60. The summed E-state index contributed by atoms with van der Waals surface area (Å²) in [6, 6.07) is 0. The summed E-state index contributed by atoms with van der Waals surface area (Å²) in [5.41, 5.74) is 0. The Morgan fingerprint density at radius 1 is 1.00 bits per heavy atom. The van der Waals surface area contributed by atoms with Crippen molar-refractivity contribution in [3.05, 3.63) is 0 Å². The van der Waals surface area contributed by atoms with Gasteiger partial charge in [-0.2, -0.15) is 0 Å². The van der Waals surface area contributed by atoms with E-state index in [4.69, 9.17) is 0 Å². The summed E-state index contributed by atoms with van der Waals surface area (Å²) in [6.45, 7) is 0. The van der Waals surface area contributed by atoms with E-state index in [0.29, 0.717) is 0 Å². The maximum atomic E-state index is 0. The van der Waals surface area contributed by atoms with E-state index >= 15 is 0 Å². The normalized spacial score (nSPS) is 0. The molecule has 4 heteroatoms. The van der Waals surface area contributed by atoms with Gasteiger partial charge in [0.1, 0.15) is 0 Å². The Labute approximate surface area is 79.3 Å². The third-order valence-electron chi connectivity index (χ3n) is 0. The van der Waals surface area contributed by atoms with Crippen molar-refractivity contribution in [3.63, 3.8) is 0 Å². The second kappa shape index (κ2) is 17.5. The van der Waals surface area contributed by atoms with Crippen LogP contribution >= 0.6 is 0 Å². The Balaban J connectivity index is 0. The number of rotatable bonds is 0. The van der Waals surface area contributed by atoms with Crippen molar-refractivity contribution in [2.75, 3.05) is 0 Å². The van der Waals surface area contributed by atoms with Gasteiger partial charge in [-0.15, -0.1) is 0 Å². The van der Waals surface area contributed by atoms with Crippen LogP contribution in [0.25, 0.3) is 0 Å². The van der Waals surface area contributed by atoms with Gasteiger partial charge in [0, 0.05) is 0 Å². The Morgan fingerprint density at radius 3 is 1.00 bits per heavy atom. The van der Waals surface area contributed by atoms with Gasteiger partial charge in [0.2, 0.25) is 0 Å². The fourth-order valence-corrected chi connectivity index (χ4v) is 0. The van der Waals surface area contributed by atoms with Crippen molar-refractivity contribution in [2.24, 2.45) is 0 Å². The average Bonchev–Trinajstić information content (AvgIpc) is 0. The van der Waals surface area contributed by atoms with Gasteiger partial charge >= 0.3 is 80.4 Å². The van der Waals surface area contributed by atoms with Crippen molar-refractivity contribution in [3.8, 4) is 0 Å². The monoisotopic (exact) mass is 506 g/mol. The first-order valence-electron chi connectivity index (χ1n) is 0. The molecule has 0 aliphatic carbocycles. The topological polar surface area (TPSA) is 0 Å². The molecule has 0 saturated heterocycles. The SMILES string of the molecule is [Pd+2].[Pt+2].[Rh+2].[Ru+2]. The molecule has 0 atom stereocenters. The van der Waals surface area contributed by atoms with E-state index in [1.807, 2.05) is 0 Å². The fourth-order valence-electron chi connectivity index (χ4n) is 0. The molecule has 29 valence electrons. The third-order valence-corrected chi connectivity index (χ3v) is 0. The molecule has 0 aromatic rings. The van der Waals surface area contributed by atoms with Gasteiger partial charge in [-0.05, 0) is 0 Å². The summed E-state index contributed by atoms with van der Waals surface area (Å²) >= 11 is 0. The van der Waals surface area contributed by atoms with Crippen molar-refractivity contribution in [2.45, 2.75) is 0 Å². The number of hydrogen-bond acceptors (Lipinski definition) is 0. The van der Waals surface area contributed by atoms with E-state index in [1.165, 1.54) is 0 Å². The summed E-state index contributed by atoms with van der Waals surface area (Å²) < 4.78 is 0. The molecule has 0 aromatic carbocycles. The first-order chi connectivity index (χ1) is 0. The van der Waals surface area contributed by atoms with Crippen LogP contribution in [0.2, 0.25) is 0 Å². The molecular formula is PdPtRhRu+8. The Kier molecular flexibility index (Phi) is 134. The van der Waals surface area contributed by atoms with Crippen LogP contribution < -0.4 is 0 Å². The zero-order valence-corrected chi connectivity index (χ0v) is 8.52. The molecule has 1 radical (unpaired) electrons. The molecule has 0 fully saturated rings. The van der Waals surface area contributed by atoms with Crippen molar-refractivity contribution in [1.82, 2.24) is 0 Å². The van der Waals surface area contributed by atoms with Gasteiger partial charge in [-0.3, -0.25) is 0 Å². The van der Waals surface area contributed by atoms with Crippen LogP contribution in [0, 0.1) is 0 Å². The van der Waals surface area contributed by atoms with Gasteiger partial charge in [0.05, 0.1) is 0 Å². The molecule has 0 aromatic heterocycles. The van der Waals surface area contributed by atoms with E-state index in [0.717, 1.165) is 0 Å². The minimum atomic E-state index is 0. The fraction of sp³-hybridized carbons (Fsp3) is 0. The molecule has 0 bridgehead atoms. The predicted octanol–water partition coefficient (Wildman–Crippen LogP) is -0.0100. The Morgan fingerprint density at radius 2 is 1.00 bits per heavy atom. The average molecular weight is 505 g/mol. The van der Waals surface area contributed by atoms with E-state index in [-0.39, 0.29) is 80.4 Å². The summed E-state index contributed by atoms with van der Waals surface area (Å²) in [7, 11) is 0. The first-order valence-corrected chi connectivity index (χ1v) is 0. The number of hydrogen-bond donors (Lipinski definition) is 0. The van der Waals surface area contributed by atoms with Crippen LogP contribution in [0.3, 0.4) is 0 Å². The van der Waals surface area contributed by atoms with E-state index in [9.17, 15) is 0 Å². The van der Waals surface area contributed by atoms with Crippen LogP contribution in [0.1, 0.15) is 0 Å². The van der Waals surface area contributed by atoms with Gasteiger partial charge in [-0.1, -0.05) is 0 Å². The minimum Gasteiger partial charge on any atom is 2.00 e. The van der Waals surface area contributed by atoms with Crippen LogP contribution in [0.4, 0.5) is 0 Å². The van der Waals surface area contributed by atoms with E-state index in [1.54, 1.807) is 0 Å². The van der Waals surface area contributed by atoms with Gasteiger partial charge in [0.15, 0.2) is 0 Å². The first kappa shape index (κ1) is 30.6. The summed E-state index contributed by atoms with van der Waals surface area (Å²) in [5.74, 6) is 0. The third kappa shape index (κ3) is 8.82. The summed E-state index contributed by atoms with van der Waals surface area (Å²) in [6.07, 6.45) is 0. The molecule has 0 aliphatic heterocycles. The molecule has 0 N–H and O–H groups in total. The molecule has 0 aliphatic rings. The smallest absolute Gasteiger partial charge is 2.00 e. The largest absolute Gasteiger partial charge is 2.00 e. The molecular weight excluding hydrogens is 505 g/mol. The second-order valence-electron chi connectivity index (χ2n) is 0. The van der Waals surface area contributed by atoms with Crippen molar-refractivity contribution in [1.29, 1.82) is 0 Å². The standard InChI is InChI=1S/Pd.Pt.Rh.Ru/q4*+2. The molecule has 0 saturated carbocycles. The van der Waals surface area contributed by atoms with Crippen LogP contribution in [0.15, 0.2) is 0 Å². The van der Waals surface area contributed by atoms with Gasteiger partial charge in [0.25, 0.3) is 0 Å². The summed E-state index contributed by atoms with van der Waals surface area (Å²) in [4.78, 5) is 0. The molecule has 4 heavy (non-hydrogen) atoms.